The fourth-order valence-corrected chi connectivity index (χ4v) is 3.35. The van der Waals surface area contributed by atoms with Crippen molar-refractivity contribution in [1.29, 1.82) is 0 Å². The molecule has 1 heterocycles. The van der Waals surface area contributed by atoms with Crippen LogP contribution >= 0.6 is 11.6 Å². The van der Waals surface area contributed by atoms with Crippen LogP contribution in [0, 0.1) is 5.92 Å². The summed E-state index contributed by atoms with van der Waals surface area (Å²) in [6, 6.07) is 15.6. The van der Waals surface area contributed by atoms with Gasteiger partial charge in [-0.3, -0.25) is 0 Å². The van der Waals surface area contributed by atoms with Crippen molar-refractivity contribution in [1.82, 2.24) is 9.97 Å². The molecule has 0 fully saturated rings. The molecule has 31 heavy (non-hydrogen) atoms. The Kier molecular flexibility index (Phi) is 7.95. The van der Waals surface area contributed by atoms with Gasteiger partial charge in [0, 0.05) is 18.2 Å². The van der Waals surface area contributed by atoms with Gasteiger partial charge in [0.25, 0.3) is 0 Å². The molecule has 0 unspecified atom stereocenters. The van der Waals surface area contributed by atoms with Gasteiger partial charge in [0.15, 0.2) is 0 Å². The summed E-state index contributed by atoms with van der Waals surface area (Å²) in [5.41, 5.74) is 2.83. The fraction of sp³-hybridized carbons (Fsp3) is 0.333. The number of anilines is 1. The molecule has 3 rings (SSSR count). The van der Waals surface area contributed by atoms with Crippen molar-refractivity contribution in [2.45, 2.75) is 33.4 Å². The molecule has 1 aromatic heterocycles. The van der Waals surface area contributed by atoms with E-state index in [1.807, 2.05) is 48.5 Å². The molecule has 6 nitrogen and oxygen atoms in total. The minimum absolute atomic E-state index is 0.391. The van der Waals surface area contributed by atoms with E-state index in [0.29, 0.717) is 36.1 Å². The second kappa shape index (κ2) is 10.9. The molecule has 164 valence electrons. The number of benzene rings is 2. The van der Waals surface area contributed by atoms with E-state index >= 15 is 0 Å². The SMILES string of the molecule is COc1ccc(CNc2nc(Cl)c(CC(C)C)c(OCc3ccccc3)n2)c(OC)c1. The standard InChI is InChI=1S/C24H28ClN3O3/c1-16(2)12-20-22(25)27-24(28-23(20)31-15-17-8-6-5-7-9-17)26-14-18-10-11-19(29-3)13-21(18)30-4/h5-11,13,16H,12,14-15H2,1-4H3,(H,26,27,28). The summed E-state index contributed by atoms with van der Waals surface area (Å²) >= 11 is 6.53. The van der Waals surface area contributed by atoms with Crippen LogP contribution in [0.4, 0.5) is 5.95 Å². The summed E-state index contributed by atoms with van der Waals surface area (Å²) in [5.74, 6) is 2.74. The lowest BCUT2D eigenvalue weighted by Gasteiger charge is -2.16. The Hall–Kier alpha value is -2.99. The Labute approximate surface area is 188 Å². The molecular weight excluding hydrogens is 414 g/mol. The van der Waals surface area contributed by atoms with Crippen molar-refractivity contribution < 1.29 is 14.2 Å². The Morgan fingerprint density at radius 3 is 2.45 bits per heavy atom. The highest BCUT2D eigenvalue weighted by Gasteiger charge is 2.17. The fourth-order valence-electron chi connectivity index (χ4n) is 3.11. The smallest absolute Gasteiger partial charge is 0.227 e. The van der Waals surface area contributed by atoms with Crippen LogP contribution in [-0.2, 0) is 19.6 Å². The van der Waals surface area contributed by atoms with Crippen LogP contribution in [0.1, 0.15) is 30.5 Å². The van der Waals surface area contributed by atoms with Crippen LogP contribution in [0.5, 0.6) is 17.4 Å². The number of methoxy groups -OCH3 is 2. The summed E-state index contributed by atoms with van der Waals surface area (Å²) in [6.45, 7) is 5.12. The summed E-state index contributed by atoms with van der Waals surface area (Å²) < 4.78 is 16.8. The minimum atomic E-state index is 0.391. The molecular formula is C24H28ClN3O3. The van der Waals surface area contributed by atoms with Gasteiger partial charge in [-0.2, -0.15) is 4.98 Å². The molecule has 3 aromatic rings. The van der Waals surface area contributed by atoms with Gasteiger partial charge in [0.1, 0.15) is 23.3 Å². The molecule has 0 aliphatic carbocycles. The first kappa shape index (κ1) is 22.7. The lowest BCUT2D eigenvalue weighted by molar-refractivity contribution is 0.289. The van der Waals surface area contributed by atoms with Gasteiger partial charge in [0.05, 0.1) is 19.8 Å². The number of hydrogen-bond acceptors (Lipinski definition) is 6. The van der Waals surface area contributed by atoms with Gasteiger partial charge < -0.3 is 19.5 Å². The van der Waals surface area contributed by atoms with Crippen molar-refractivity contribution in [3.63, 3.8) is 0 Å². The first-order valence-corrected chi connectivity index (χ1v) is 10.6. The Morgan fingerprint density at radius 1 is 1.00 bits per heavy atom. The second-order valence-corrected chi connectivity index (χ2v) is 7.88. The molecule has 0 aliphatic rings. The van der Waals surface area contributed by atoms with Crippen molar-refractivity contribution >= 4 is 17.5 Å². The summed E-state index contributed by atoms with van der Waals surface area (Å²) in [5, 5.41) is 3.62. The normalized spacial score (nSPS) is 10.8. The topological polar surface area (TPSA) is 65.5 Å². The Balaban J connectivity index is 1.81. The van der Waals surface area contributed by atoms with E-state index in [1.165, 1.54) is 0 Å². The first-order valence-electron chi connectivity index (χ1n) is 10.2. The van der Waals surface area contributed by atoms with Crippen LogP contribution in [0.3, 0.4) is 0 Å². The number of nitrogens with zero attached hydrogens (tertiary/aromatic N) is 2. The van der Waals surface area contributed by atoms with Gasteiger partial charge >= 0.3 is 0 Å². The molecule has 2 aromatic carbocycles. The number of nitrogens with one attached hydrogen (secondary N) is 1. The third kappa shape index (κ3) is 6.25. The third-order valence-corrected chi connectivity index (χ3v) is 4.99. The quantitative estimate of drug-likeness (QED) is 0.417. The lowest BCUT2D eigenvalue weighted by atomic mass is 10.1. The summed E-state index contributed by atoms with van der Waals surface area (Å²) in [7, 11) is 3.25. The monoisotopic (exact) mass is 441 g/mol. The number of halogens is 1. The van der Waals surface area contributed by atoms with E-state index < -0.39 is 0 Å². The van der Waals surface area contributed by atoms with Gasteiger partial charge in [-0.25, -0.2) is 4.98 Å². The molecule has 0 radical (unpaired) electrons. The molecule has 0 saturated heterocycles. The van der Waals surface area contributed by atoms with Crippen molar-refractivity contribution in [3.8, 4) is 17.4 Å². The summed E-state index contributed by atoms with van der Waals surface area (Å²) in [4.78, 5) is 9.06. The van der Waals surface area contributed by atoms with Crippen LogP contribution in [-0.4, -0.2) is 24.2 Å². The van der Waals surface area contributed by atoms with E-state index in [-0.39, 0.29) is 0 Å². The molecule has 0 amide bonds. The van der Waals surface area contributed by atoms with Gasteiger partial charge in [-0.15, -0.1) is 0 Å². The van der Waals surface area contributed by atoms with Crippen molar-refractivity contribution in [2.24, 2.45) is 5.92 Å². The van der Waals surface area contributed by atoms with E-state index in [9.17, 15) is 0 Å². The Morgan fingerprint density at radius 2 is 1.77 bits per heavy atom. The minimum Gasteiger partial charge on any atom is -0.497 e. The van der Waals surface area contributed by atoms with Gasteiger partial charge in [-0.1, -0.05) is 55.8 Å². The van der Waals surface area contributed by atoms with E-state index in [2.05, 4.69) is 29.1 Å². The van der Waals surface area contributed by atoms with Crippen molar-refractivity contribution in [2.75, 3.05) is 19.5 Å². The largest absolute Gasteiger partial charge is 0.497 e. The average molecular weight is 442 g/mol. The van der Waals surface area contributed by atoms with E-state index in [1.54, 1.807) is 14.2 Å². The average Bonchev–Trinajstić information content (AvgIpc) is 2.78. The molecule has 0 spiro atoms. The highest BCUT2D eigenvalue weighted by molar-refractivity contribution is 6.30. The maximum absolute atomic E-state index is 6.53. The molecule has 0 saturated carbocycles. The molecule has 0 atom stereocenters. The number of hydrogen-bond donors (Lipinski definition) is 1. The molecule has 0 bridgehead atoms. The summed E-state index contributed by atoms with van der Waals surface area (Å²) in [6.07, 6.45) is 0.732. The lowest BCUT2D eigenvalue weighted by Crippen LogP contribution is -2.10. The zero-order valence-electron chi connectivity index (χ0n) is 18.3. The first-order chi connectivity index (χ1) is 15.0. The number of rotatable bonds is 10. The van der Waals surface area contributed by atoms with E-state index in [4.69, 9.17) is 25.8 Å². The van der Waals surface area contributed by atoms with Gasteiger partial charge in [-0.05, 0) is 30.0 Å². The predicted octanol–water partition coefficient (Wildman–Crippen LogP) is 5.54. The van der Waals surface area contributed by atoms with Gasteiger partial charge in [0.2, 0.25) is 11.8 Å². The molecule has 0 aliphatic heterocycles. The second-order valence-electron chi connectivity index (χ2n) is 7.53. The maximum atomic E-state index is 6.53. The third-order valence-electron chi connectivity index (χ3n) is 4.68. The highest BCUT2D eigenvalue weighted by atomic mass is 35.5. The highest BCUT2D eigenvalue weighted by Crippen LogP contribution is 2.29. The predicted molar refractivity (Wildman–Crippen MR) is 123 cm³/mol. The number of aromatic nitrogens is 2. The number of ether oxygens (including phenoxy) is 3. The molecule has 1 N–H and O–H groups in total. The van der Waals surface area contributed by atoms with Crippen LogP contribution in [0.2, 0.25) is 5.15 Å². The van der Waals surface area contributed by atoms with E-state index in [0.717, 1.165) is 34.6 Å². The van der Waals surface area contributed by atoms with Crippen LogP contribution in [0.25, 0.3) is 0 Å². The Bertz CT molecular complexity index is 997. The van der Waals surface area contributed by atoms with Crippen LogP contribution < -0.4 is 19.5 Å². The zero-order valence-corrected chi connectivity index (χ0v) is 19.1. The molecule has 7 heteroatoms. The zero-order chi connectivity index (χ0) is 22.2. The maximum Gasteiger partial charge on any atom is 0.227 e. The van der Waals surface area contributed by atoms with Crippen LogP contribution in [0.15, 0.2) is 48.5 Å². The van der Waals surface area contributed by atoms with Crippen molar-refractivity contribution in [3.05, 3.63) is 70.4 Å².